The first-order valence-electron chi connectivity index (χ1n) is 7.03. The Morgan fingerprint density at radius 1 is 1.10 bits per heavy atom. The molecule has 0 aliphatic carbocycles. The van der Waals surface area contributed by atoms with E-state index in [1.54, 1.807) is 18.5 Å². The molecule has 3 aromatic rings. The molecule has 20 heavy (non-hydrogen) atoms. The van der Waals surface area contributed by atoms with Crippen LogP contribution < -0.4 is 4.90 Å². The highest BCUT2D eigenvalue weighted by atomic mass is 16.3. The SMILES string of the molecule is Oc1ccc2[nH]c3ncnc(N4CCCCC4)c3c2c1. The Kier molecular flexibility index (Phi) is 2.52. The molecule has 0 spiro atoms. The van der Waals surface area contributed by atoms with Crippen molar-refractivity contribution in [2.24, 2.45) is 0 Å². The number of hydrogen-bond donors (Lipinski definition) is 2. The zero-order chi connectivity index (χ0) is 13.5. The summed E-state index contributed by atoms with van der Waals surface area (Å²) >= 11 is 0. The molecule has 4 rings (SSSR count). The standard InChI is InChI=1S/C15H16N4O/c20-10-4-5-12-11(8-10)13-14(18-12)16-9-17-15(13)19-6-2-1-3-7-19/h4-5,8-9,20H,1-3,6-7H2,(H,16,17,18). The van der Waals surface area contributed by atoms with Crippen molar-refractivity contribution in [3.63, 3.8) is 0 Å². The number of H-pyrrole nitrogens is 1. The normalized spacial score (nSPS) is 16.1. The monoisotopic (exact) mass is 268 g/mol. The molecule has 5 heteroatoms. The van der Waals surface area contributed by atoms with Gasteiger partial charge in [0.25, 0.3) is 0 Å². The Balaban J connectivity index is 1.99. The predicted molar refractivity (Wildman–Crippen MR) is 79.1 cm³/mol. The summed E-state index contributed by atoms with van der Waals surface area (Å²) in [5.74, 6) is 1.25. The summed E-state index contributed by atoms with van der Waals surface area (Å²) in [4.78, 5) is 14.4. The van der Waals surface area contributed by atoms with Gasteiger partial charge >= 0.3 is 0 Å². The van der Waals surface area contributed by atoms with Crippen molar-refractivity contribution in [1.82, 2.24) is 15.0 Å². The van der Waals surface area contributed by atoms with Gasteiger partial charge < -0.3 is 15.0 Å². The summed E-state index contributed by atoms with van der Waals surface area (Å²) in [5, 5.41) is 11.7. The number of nitrogens with zero attached hydrogens (tertiary/aromatic N) is 3. The summed E-state index contributed by atoms with van der Waals surface area (Å²) in [6, 6.07) is 5.35. The second kappa shape index (κ2) is 4.37. The van der Waals surface area contributed by atoms with Gasteiger partial charge in [-0.25, -0.2) is 9.97 Å². The quantitative estimate of drug-likeness (QED) is 0.712. The highest BCUT2D eigenvalue weighted by molar-refractivity contribution is 6.11. The van der Waals surface area contributed by atoms with Crippen molar-refractivity contribution in [3.8, 4) is 5.75 Å². The number of aromatic hydroxyl groups is 1. The van der Waals surface area contributed by atoms with Crippen molar-refractivity contribution in [1.29, 1.82) is 0 Å². The molecule has 1 aliphatic rings. The van der Waals surface area contributed by atoms with E-state index in [1.165, 1.54) is 19.3 Å². The van der Waals surface area contributed by atoms with E-state index in [0.717, 1.165) is 40.8 Å². The van der Waals surface area contributed by atoms with Gasteiger partial charge in [-0.2, -0.15) is 0 Å². The fourth-order valence-corrected chi connectivity index (χ4v) is 3.04. The minimum Gasteiger partial charge on any atom is -0.508 e. The first-order valence-corrected chi connectivity index (χ1v) is 7.03. The fraction of sp³-hybridized carbons (Fsp3) is 0.333. The van der Waals surface area contributed by atoms with E-state index in [0.29, 0.717) is 0 Å². The minimum absolute atomic E-state index is 0.270. The highest BCUT2D eigenvalue weighted by Crippen LogP contribution is 2.33. The molecule has 0 radical (unpaired) electrons. The van der Waals surface area contributed by atoms with Crippen molar-refractivity contribution in [2.75, 3.05) is 18.0 Å². The first kappa shape index (κ1) is 11.5. The largest absolute Gasteiger partial charge is 0.508 e. The molecule has 5 nitrogen and oxygen atoms in total. The molecule has 0 atom stereocenters. The van der Waals surface area contributed by atoms with Crippen LogP contribution in [0.3, 0.4) is 0 Å². The van der Waals surface area contributed by atoms with Gasteiger partial charge in [0.2, 0.25) is 0 Å². The Morgan fingerprint density at radius 3 is 2.80 bits per heavy atom. The van der Waals surface area contributed by atoms with Gasteiger partial charge in [-0.05, 0) is 37.5 Å². The van der Waals surface area contributed by atoms with Crippen LogP contribution in [0.25, 0.3) is 21.9 Å². The van der Waals surface area contributed by atoms with E-state index in [4.69, 9.17) is 0 Å². The van der Waals surface area contributed by atoms with Gasteiger partial charge in [-0.15, -0.1) is 0 Å². The van der Waals surface area contributed by atoms with Gasteiger partial charge in [-0.1, -0.05) is 0 Å². The predicted octanol–water partition coefficient (Wildman–Crippen LogP) is 2.81. The number of aromatic amines is 1. The van der Waals surface area contributed by atoms with Crippen molar-refractivity contribution in [2.45, 2.75) is 19.3 Å². The Labute approximate surface area is 116 Å². The van der Waals surface area contributed by atoms with Crippen LogP contribution >= 0.6 is 0 Å². The molecule has 0 unspecified atom stereocenters. The number of aromatic nitrogens is 3. The molecule has 0 amide bonds. The molecule has 2 N–H and O–H groups in total. The number of phenols is 1. The number of hydrogen-bond acceptors (Lipinski definition) is 4. The molecule has 2 aromatic heterocycles. The van der Waals surface area contributed by atoms with Crippen LogP contribution in [0.15, 0.2) is 24.5 Å². The van der Waals surface area contributed by atoms with Crippen molar-refractivity contribution < 1.29 is 5.11 Å². The third-order valence-corrected chi connectivity index (χ3v) is 4.01. The molecular weight excluding hydrogens is 252 g/mol. The number of nitrogens with one attached hydrogen (secondary N) is 1. The smallest absolute Gasteiger partial charge is 0.143 e. The lowest BCUT2D eigenvalue weighted by Crippen LogP contribution is -2.30. The fourth-order valence-electron chi connectivity index (χ4n) is 3.04. The van der Waals surface area contributed by atoms with Gasteiger partial charge in [-0.3, -0.25) is 0 Å². The summed E-state index contributed by atoms with van der Waals surface area (Å²) < 4.78 is 0. The third-order valence-electron chi connectivity index (χ3n) is 4.01. The Bertz CT molecular complexity index is 774. The molecule has 1 aliphatic heterocycles. The number of benzene rings is 1. The van der Waals surface area contributed by atoms with Crippen molar-refractivity contribution >= 4 is 27.8 Å². The zero-order valence-corrected chi connectivity index (χ0v) is 11.1. The molecule has 0 bridgehead atoms. The van der Waals surface area contributed by atoms with Crippen LogP contribution in [-0.4, -0.2) is 33.1 Å². The number of phenolic OH excluding ortho intramolecular Hbond substituents is 1. The van der Waals surface area contributed by atoms with Crippen LogP contribution in [0.5, 0.6) is 5.75 Å². The topological polar surface area (TPSA) is 65.0 Å². The van der Waals surface area contributed by atoms with Crippen LogP contribution in [0, 0.1) is 0 Å². The third kappa shape index (κ3) is 1.70. The van der Waals surface area contributed by atoms with Gasteiger partial charge in [0, 0.05) is 24.0 Å². The molecule has 1 aromatic carbocycles. The van der Waals surface area contributed by atoms with E-state index in [9.17, 15) is 5.11 Å². The minimum atomic E-state index is 0.270. The Morgan fingerprint density at radius 2 is 1.95 bits per heavy atom. The van der Waals surface area contributed by atoms with Gasteiger partial charge in [0.15, 0.2) is 0 Å². The first-order chi connectivity index (χ1) is 9.83. The maximum absolute atomic E-state index is 9.74. The second-order valence-corrected chi connectivity index (χ2v) is 5.32. The lowest BCUT2D eigenvalue weighted by atomic mass is 10.1. The Hall–Kier alpha value is -2.30. The highest BCUT2D eigenvalue weighted by Gasteiger charge is 2.18. The average Bonchev–Trinajstić information content (AvgIpc) is 2.86. The maximum atomic E-state index is 9.74. The second-order valence-electron chi connectivity index (χ2n) is 5.32. The van der Waals surface area contributed by atoms with Crippen LogP contribution in [-0.2, 0) is 0 Å². The number of piperidine rings is 1. The van der Waals surface area contributed by atoms with Crippen LogP contribution in [0.4, 0.5) is 5.82 Å². The summed E-state index contributed by atoms with van der Waals surface area (Å²) in [7, 11) is 0. The average molecular weight is 268 g/mol. The lowest BCUT2D eigenvalue weighted by molar-refractivity contribution is 0.476. The van der Waals surface area contributed by atoms with Crippen molar-refractivity contribution in [3.05, 3.63) is 24.5 Å². The molecule has 0 saturated carbocycles. The summed E-state index contributed by atoms with van der Waals surface area (Å²) in [6.07, 6.45) is 5.32. The van der Waals surface area contributed by atoms with Crippen LogP contribution in [0.2, 0.25) is 0 Å². The molecule has 1 saturated heterocycles. The molecular formula is C15H16N4O. The molecule has 102 valence electrons. The van der Waals surface area contributed by atoms with E-state index < -0.39 is 0 Å². The van der Waals surface area contributed by atoms with E-state index in [-0.39, 0.29) is 5.75 Å². The van der Waals surface area contributed by atoms with E-state index in [2.05, 4.69) is 19.9 Å². The van der Waals surface area contributed by atoms with E-state index in [1.807, 2.05) is 6.07 Å². The summed E-state index contributed by atoms with van der Waals surface area (Å²) in [6.45, 7) is 2.08. The van der Waals surface area contributed by atoms with Gasteiger partial charge in [0.05, 0.1) is 5.39 Å². The van der Waals surface area contributed by atoms with Crippen LogP contribution in [0.1, 0.15) is 19.3 Å². The number of rotatable bonds is 1. The molecule has 1 fully saturated rings. The van der Waals surface area contributed by atoms with Gasteiger partial charge in [0.1, 0.15) is 23.5 Å². The zero-order valence-electron chi connectivity index (χ0n) is 11.1. The maximum Gasteiger partial charge on any atom is 0.143 e. The van der Waals surface area contributed by atoms with E-state index >= 15 is 0 Å². The number of fused-ring (bicyclic) bond motifs is 3. The molecule has 3 heterocycles. The number of anilines is 1. The summed E-state index contributed by atoms with van der Waals surface area (Å²) in [5.41, 5.74) is 1.82. The lowest BCUT2D eigenvalue weighted by Gasteiger charge is -2.28.